The molecule has 1 aliphatic rings. The second kappa shape index (κ2) is 9.20. The number of para-hydroxylation sites is 2. The molecule has 1 amide bonds. The molecule has 0 spiro atoms. The highest BCUT2D eigenvalue weighted by atomic mass is 32.2. The van der Waals surface area contributed by atoms with Crippen molar-refractivity contribution >= 4 is 27.0 Å². The number of aryl methyl sites for hydroxylation is 1. The number of hydrogen-bond acceptors (Lipinski definition) is 4. The van der Waals surface area contributed by atoms with Crippen LogP contribution in [0.4, 0.5) is 0 Å². The van der Waals surface area contributed by atoms with Gasteiger partial charge in [0.2, 0.25) is 10.0 Å². The summed E-state index contributed by atoms with van der Waals surface area (Å²) in [6.45, 7) is 2.95. The average Bonchev–Trinajstić information content (AvgIpc) is 3.20. The molecule has 2 aromatic carbocycles. The molecular formula is C23H28N4O3S. The van der Waals surface area contributed by atoms with Crippen LogP contribution in [0.3, 0.4) is 0 Å². The zero-order valence-corrected chi connectivity index (χ0v) is 18.5. The zero-order chi connectivity index (χ0) is 21.8. The number of imidazole rings is 1. The zero-order valence-electron chi connectivity index (χ0n) is 17.7. The van der Waals surface area contributed by atoms with Crippen LogP contribution in [0, 0.1) is 0 Å². The van der Waals surface area contributed by atoms with Crippen molar-refractivity contribution in [2.75, 3.05) is 13.1 Å². The van der Waals surface area contributed by atoms with Gasteiger partial charge in [-0.1, -0.05) is 24.6 Å². The number of aromatic nitrogens is 2. The van der Waals surface area contributed by atoms with Crippen LogP contribution in [0.5, 0.6) is 0 Å². The highest BCUT2D eigenvalue weighted by Crippen LogP contribution is 2.25. The molecule has 3 aromatic rings. The van der Waals surface area contributed by atoms with Gasteiger partial charge in [0.1, 0.15) is 5.82 Å². The topological polar surface area (TPSA) is 95.2 Å². The predicted octanol–water partition coefficient (Wildman–Crippen LogP) is 3.49. The maximum Gasteiger partial charge on any atom is 0.251 e. The highest BCUT2D eigenvalue weighted by Gasteiger charge is 2.31. The number of sulfonamides is 1. The van der Waals surface area contributed by atoms with Gasteiger partial charge < -0.3 is 10.3 Å². The summed E-state index contributed by atoms with van der Waals surface area (Å²) in [4.78, 5) is 20.6. The van der Waals surface area contributed by atoms with Gasteiger partial charge in [0.05, 0.1) is 15.9 Å². The summed E-state index contributed by atoms with van der Waals surface area (Å²) in [5.74, 6) is 0.618. The summed E-state index contributed by atoms with van der Waals surface area (Å²) in [5.41, 5.74) is 2.29. The first kappa shape index (κ1) is 21.5. The second-order valence-electron chi connectivity index (χ2n) is 8.05. The molecular weight excluding hydrogens is 412 g/mol. The van der Waals surface area contributed by atoms with Crippen molar-refractivity contribution in [2.24, 2.45) is 0 Å². The fourth-order valence-corrected chi connectivity index (χ4v) is 5.79. The Balaban J connectivity index is 1.35. The Hall–Kier alpha value is -2.71. The van der Waals surface area contributed by atoms with Crippen LogP contribution in [0.25, 0.3) is 11.0 Å². The fraction of sp³-hybridized carbons (Fsp3) is 0.391. The largest absolute Gasteiger partial charge is 0.352 e. The summed E-state index contributed by atoms with van der Waals surface area (Å²) in [6.07, 6.45) is 4.23. The molecule has 0 bridgehead atoms. The minimum absolute atomic E-state index is 0.0190. The Kier molecular flexibility index (Phi) is 6.38. The van der Waals surface area contributed by atoms with Gasteiger partial charge in [-0.05, 0) is 56.5 Å². The molecule has 7 nitrogen and oxygen atoms in total. The van der Waals surface area contributed by atoms with Crippen LogP contribution in [-0.4, -0.2) is 47.7 Å². The molecule has 0 radical (unpaired) electrons. The number of nitrogens with one attached hydrogen (secondary N) is 2. The molecule has 0 aliphatic carbocycles. The third-order valence-electron chi connectivity index (χ3n) is 5.76. The molecule has 8 heteroatoms. The summed E-state index contributed by atoms with van der Waals surface area (Å²) in [5, 5.41) is 2.88. The monoisotopic (exact) mass is 440 g/mol. The van der Waals surface area contributed by atoms with Gasteiger partial charge in [-0.3, -0.25) is 4.79 Å². The van der Waals surface area contributed by atoms with E-state index in [4.69, 9.17) is 0 Å². The number of fused-ring (bicyclic) bond motifs is 1. The number of aromatic amines is 1. The van der Waals surface area contributed by atoms with E-state index in [1.165, 1.54) is 6.07 Å². The second-order valence-corrected chi connectivity index (χ2v) is 9.94. The molecule has 1 aromatic heterocycles. The molecule has 1 aliphatic heterocycles. The molecule has 1 unspecified atom stereocenters. The molecule has 31 heavy (non-hydrogen) atoms. The molecule has 2 N–H and O–H groups in total. The van der Waals surface area contributed by atoms with Gasteiger partial charge in [-0.2, -0.15) is 4.31 Å². The van der Waals surface area contributed by atoms with Gasteiger partial charge in [0.25, 0.3) is 5.91 Å². The van der Waals surface area contributed by atoms with E-state index in [9.17, 15) is 13.2 Å². The van der Waals surface area contributed by atoms with Crippen LogP contribution >= 0.6 is 0 Å². The van der Waals surface area contributed by atoms with E-state index in [0.29, 0.717) is 18.7 Å². The maximum absolute atomic E-state index is 13.0. The number of benzene rings is 2. The first-order chi connectivity index (χ1) is 14.9. The van der Waals surface area contributed by atoms with Crippen molar-refractivity contribution in [1.82, 2.24) is 19.6 Å². The van der Waals surface area contributed by atoms with Crippen molar-refractivity contribution in [1.29, 1.82) is 0 Å². The summed E-state index contributed by atoms with van der Waals surface area (Å²) < 4.78 is 27.7. The number of amides is 1. The number of rotatable bonds is 7. The van der Waals surface area contributed by atoms with Gasteiger partial charge in [-0.25, -0.2) is 13.4 Å². The van der Waals surface area contributed by atoms with Gasteiger partial charge in [0.15, 0.2) is 0 Å². The summed E-state index contributed by atoms with van der Waals surface area (Å²) >= 11 is 0. The van der Waals surface area contributed by atoms with Crippen molar-refractivity contribution in [3.05, 3.63) is 59.9 Å². The van der Waals surface area contributed by atoms with E-state index in [0.717, 1.165) is 49.0 Å². The van der Waals surface area contributed by atoms with Crippen LogP contribution in [-0.2, 0) is 16.4 Å². The van der Waals surface area contributed by atoms with Crippen molar-refractivity contribution in [3.63, 3.8) is 0 Å². The first-order valence-electron chi connectivity index (χ1n) is 10.8. The van der Waals surface area contributed by atoms with Crippen molar-refractivity contribution < 1.29 is 13.2 Å². The van der Waals surface area contributed by atoms with E-state index < -0.39 is 10.0 Å². The third kappa shape index (κ3) is 4.80. The van der Waals surface area contributed by atoms with E-state index in [1.807, 2.05) is 31.2 Å². The van der Waals surface area contributed by atoms with E-state index in [1.54, 1.807) is 22.5 Å². The SMILES string of the molecule is CC1CCCCN1S(=O)(=O)c1cccc(C(=O)NCCCc2nc3ccccc3[nH]2)c1. The molecule has 4 rings (SSSR count). The Bertz CT molecular complexity index is 1140. The summed E-state index contributed by atoms with van der Waals surface area (Å²) in [6, 6.07) is 14.2. The van der Waals surface area contributed by atoms with Crippen LogP contribution in [0.1, 0.15) is 48.8 Å². The molecule has 2 heterocycles. The number of piperidine rings is 1. The Morgan fingerprint density at radius 1 is 1.19 bits per heavy atom. The standard InChI is InChI=1S/C23H28N4O3S/c1-17-8-4-5-15-27(17)31(29,30)19-10-6-9-18(16-19)23(28)24-14-7-13-22-25-20-11-2-3-12-21(20)26-22/h2-3,6,9-12,16-17H,4-5,7-8,13-15H2,1H3,(H,24,28)(H,25,26). The number of hydrogen-bond donors (Lipinski definition) is 2. The smallest absolute Gasteiger partial charge is 0.251 e. The Morgan fingerprint density at radius 3 is 2.84 bits per heavy atom. The fourth-order valence-electron chi connectivity index (χ4n) is 4.05. The molecule has 164 valence electrons. The minimum Gasteiger partial charge on any atom is -0.352 e. The number of H-pyrrole nitrogens is 1. The quantitative estimate of drug-likeness (QED) is 0.550. The average molecular weight is 441 g/mol. The lowest BCUT2D eigenvalue weighted by atomic mass is 10.1. The van der Waals surface area contributed by atoms with Gasteiger partial charge in [0, 0.05) is 31.1 Å². The van der Waals surface area contributed by atoms with E-state index in [2.05, 4.69) is 15.3 Å². The van der Waals surface area contributed by atoms with Crippen LogP contribution < -0.4 is 5.32 Å². The first-order valence-corrected chi connectivity index (χ1v) is 12.2. The predicted molar refractivity (Wildman–Crippen MR) is 120 cm³/mol. The molecule has 1 fully saturated rings. The van der Waals surface area contributed by atoms with E-state index >= 15 is 0 Å². The number of carbonyl (C=O) groups is 1. The number of nitrogens with zero attached hydrogens (tertiary/aromatic N) is 2. The molecule has 0 saturated carbocycles. The van der Waals surface area contributed by atoms with Crippen LogP contribution in [0.15, 0.2) is 53.4 Å². The Labute approximate surface area is 182 Å². The van der Waals surface area contributed by atoms with Gasteiger partial charge >= 0.3 is 0 Å². The van der Waals surface area contributed by atoms with E-state index in [-0.39, 0.29) is 16.8 Å². The lowest BCUT2D eigenvalue weighted by Crippen LogP contribution is -2.42. The molecule has 1 saturated heterocycles. The normalized spacial score (nSPS) is 17.6. The van der Waals surface area contributed by atoms with Crippen molar-refractivity contribution in [3.8, 4) is 0 Å². The third-order valence-corrected chi connectivity index (χ3v) is 7.77. The minimum atomic E-state index is -3.60. The Morgan fingerprint density at radius 2 is 2.03 bits per heavy atom. The number of carbonyl (C=O) groups excluding carboxylic acids is 1. The summed E-state index contributed by atoms with van der Waals surface area (Å²) in [7, 11) is -3.60. The van der Waals surface area contributed by atoms with Crippen molar-refractivity contribution in [2.45, 2.75) is 50.0 Å². The lowest BCUT2D eigenvalue weighted by Gasteiger charge is -2.32. The maximum atomic E-state index is 13.0. The highest BCUT2D eigenvalue weighted by molar-refractivity contribution is 7.89. The molecule has 1 atom stereocenters. The lowest BCUT2D eigenvalue weighted by molar-refractivity contribution is 0.0953. The van der Waals surface area contributed by atoms with Crippen LogP contribution in [0.2, 0.25) is 0 Å². The van der Waals surface area contributed by atoms with Gasteiger partial charge in [-0.15, -0.1) is 0 Å².